The molecular weight excluding hydrogens is 254 g/mol. The second-order valence-electron chi connectivity index (χ2n) is 5.54. The fraction of sp³-hybridized carbons (Fsp3) is 0.562. The molecular formula is C16H25NO3. The van der Waals surface area contributed by atoms with Gasteiger partial charge in [0.05, 0.1) is 6.10 Å². The zero-order valence-corrected chi connectivity index (χ0v) is 12.8. The Balaban J connectivity index is 2.64. The molecule has 112 valence electrons. The molecule has 0 aromatic heterocycles. The van der Waals surface area contributed by atoms with E-state index in [4.69, 9.17) is 4.74 Å². The molecule has 0 fully saturated rings. The van der Waals surface area contributed by atoms with E-state index in [1.54, 1.807) is 6.07 Å². The summed E-state index contributed by atoms with van der Waals surface area (Å²) in [6, 6.07) is 7.26. The van der Waals surface area contributed by atoms with Gasteiger partial charge in [-0.05, 0) is 32.8 Å². The van der Waals surface area contributed by atoms with Crippen LogP contribution in [0.5, 0.6) is 5.75 Å². The Kier molecular flexibility index (Phi) is 6.02. The predicted molar refractivity (Wildman–Crippen MR) is 79.7 cm³/mol. The largest absolute Gasteiger partial charge is 0.483 e. The molecule has 20 heavy (non-hydrogen) atoms. The van der Waals surface area contributed by atoms with Crippen molar-refractivity contribution in [2.75, 3.05) is 6.61 Å². The van der Waals surface area contributed by atoms with Crippen LogP contribution in [0, 0.1) is 0 Å². The van der Waals surface area contributed by atoms with E-state index in [2.05, 4.69) is 5.32 Å². The number of benzene rings is 1. The van der Waals surface area contributed by atoms with E-state index in [1.165, 1.54) is 0 Å². The van der Waals surface area contributed by atoms with Crippen LogP contribution in [0.25, 0.3) is 0 Å². The molecule has 0 saturated carbocycles. The number of amides is 1. The van der Waals surface area contributed by atoms with Gasteiger partial charge in [0.25, 0.3) is 5.91 Å². The van der Waals surface area contributed by atoms with Crippen LogP contribution in [0.15, 0.2) is 24.3 Å². The van der Waals surface area contributed by atoms with E-state index in [0.717, 1.165) is 12.0 Å². The number of hydrogen-bond donors (Lipinski definition) is 2. The summed E-state index contributed by atoms with van der Waals surface area (Å²) >= 11 is 0. The van der Waals surface area contributed by atoms with Gasteiger partial charge in [0, 0.05) is 11.1 Å². The molecule has 0 bridgehead atoms. The van der Waals surface area contributed by atoms with Crippen molar-refractivity contribution >= 4 is 5.91 Å². The van der Waals surface area contributed by atoms with E-state index in [0.29, 0.717) is 12.2 Å². The van der Waals surface area contributed by atoms with Crippen LogP contribution in [0.4, 0.5) is 0 Å². The first-order chi connectivity index (χ1) is 9.39. The number of para-hydroxylation sites is 1. The maximum atomic E-state index is 11.8. The summed E-state index contributed by atoms with van der Waals surface area (Å²) < 4.78 is 5.54. The minimum atomic E-state index is -0.568. The highest BCUT2D eigenvalue weighted by Crippen LogP contribution is 2.26. The van der Waals surface area contributed by atoms with Crippen molar-refractivity contribution < 1.29 is 14.6 Å². The summed E-state index contributed by atoms with van der Waals surface area (Å²) in [6.07, 6.45) is 0.889. The normalized spacial score (nSPS) is 12.8. The molecule has 2 N–H and O–H groups in total. The van der Waals surface area contributed by atoms with Crippen molar-refractivity contribution in [3.05, 3.63) is 29.8 Å². The summed E-state index contributed by atoms with van der Waals surface area (Å²) in [5.74, 6) is 0.406. The molecule has 1 rings (SSSR count). The van der Waals surface area contributed by atoms with Gasteiger partial charge >= 0.3 is 0 Å². The smallest absolute Gasteiger partial charge is 0.258 e. The fourth-order valence-corrected chi connectivity index (χ4v) is 1.75. The Morgan fingerprint density at radius 2 is 2.00 bits per heavy atom. The van der Waals surface area contributed by atoms with Crippen molar-refractivity contribution in [2.45, 2.75) is 52.2 Å². The lowest BCUT2D eigenvalue weighted by Gasteiger charge is -2.24. The van der Waals surface area contributed by atoms with E-state index in [1.807, 2.05) is 45.9 Å². The predicted octanol–water partition coefficient (Wildman–Crippen LogP) is 2.81. The van der Waals surface area contributed by atoms with E-state index in [9.17, 15) is 9.90 Å². The van der Waals surface area contributed by atoms with Gasteiger partial charge in [0.15, 0.2) is 6.61 Å². The standard InChI is InChI=1S/C16H25NO3/c1-5-13(18)12-9-7-8-10-14(12)20-11-15(19)17-16(3,4)6-2/h7-10,13,18H,5-6,11H2,1-4H3,(H,17,19)/t13-/m0/s1. The van der Waals surface area contributed by atoms with Gasteiger partial charge in [-0.3, -0.25) is 4.79 Å². The topological polar surface area (TPSA) is 58.6 Å². The molecule has 0 radical (unpaired) electrons. The number of ether oxygens (including phenoxy) is 1. The molecule has 1 aromatic carbocycles. The lowest BCUT2D eigenvalue weighted by molar-refractivity contribution is -0.124. The van der Waals surface area contributed by atoms with E-state index < -0.39 is 6.10 Å². The number of carbonyl (C=O) groups is 1. The zero-order chi connectivity index (χ0) is 15.2. The maximum Gasteiger partial charge on any atom is 0.258 e. The number of hydrogen-bond acceptors (Lipinski definition) is 3. The summed E-state index contributed by atoms with van der Waals surface area (Å²) in [5, 5.41) is 12.8. The van der Waals surface area contributed by atoms with Crippen LogP contribution < -0.4 is 10.1 Å². The Labute approximate surface area is 121 Å². The number of aliphatic hydroxyl groups is 1. The summed E-state index contributed by atoms with van der Waals surface area (Å²) in [5.41, 5.74) is 0.487. The van der Waals surface area contributed by atoms with Gasteiger partial charge in [-0.1, -0.05) is 32.0 Å². The zero-order valence-electron chi connectivity index (χ0n) is 12.8. The van der Waals surface area contributed by atoms with Crippen LogP contribution in [0.2, 0.25) is 0 Å². The highest BCUT2D eigenvalue weighted by molar-refractivity contribution is 5.78. The Bertz CT molecular complexity index is 443. The van der Waals surface area contributed by atoms with Gasteiger partial charge in [0.2, 0.25) is 0 Å². The third-order valence-corrected chi connectivity index (χ3v) is 3.39. The SMILES string of the molecule is CC[C@H](O)c1ccccc1OCC(=O)NC(C)(C)CC. The molecule has 0 heterocycles. The average molecular weight is 279 g/mol. The number of nitrogens with one attached hydrogen (secondary N) is 1. The van der Waals surface area contributed by atoms with Gasteiger partial charge in [-0.25, -0.2) is 0 Å². The monoisotopic (exact) mass is 279 g/mol. The Hall–Kier alpha value is -1.55. The number of rotatable bonds is 7. The van der Waals surface area contributed by atoms with Crippen molar-refractivity contribution in [2.24, 2.45) is 0 Å². The maximum absolute atomic E-state index is 11.8. The molecule has 0 saturated heterocycles. The quantitative estimate of drug-likeness (QED) is 0.807. The highest BCUT2D eigenvalue weighted by Gasteiger charge is 2.18. The van der Waals surface area contributed by atoms with E-state index >= 15 is 0 Å². The third kappa shape index (κ3) is 4.85. The third-order valence-electron chi connectivity index (χ3n) is 3.39. The van der Waals surface area contributed by atoms with Gasteiger partial charge in [-0.15, -0.1) is 0 Å². The lowest BCUT2D eigenvalue weighted by Crippen LogP contribution is -2.44. The number of carbonyl (C=O) groups excluding carboxylic acids is 1. The van der Waals surface area contributed by atoms with Gasteiger partial charge in [0.1, 0.15) is 5.75 Å². The van der Waals surface area contributed by atoms with Crippen LogP contribution in [-0.2, 0) is 4.79 Å². The second-order valence-corrected chi connectivity index (χ2v) is 5.54. The Morgan fingerprint density at radius 1 is 1.35 bits per heavy atom. The van der Waals surface area contributed by atoms with Crippen molar-refractivity contribution in [1.29, 1.82) is 0 Å². The first-order valence-corrected chi connectivity index (χ1v) is 7.10. The highest BCUT2D eigenvalue weighted by atomic mass is 16.5. The van der Waals surface area contributed by atoms with E-state index in [-0.39, 0.29) is 18.1 Å². The van der Waals surface area contributed by atoms with Crippen LogP contribution in [0.3, 0.4) is 0 Å². The summed E-state index contributed by atoms with van der Waals surface area (Å²) in [7, 11) is 0. The molecule has 0 aliphatic rings. The summed E-state index contributed by atoms with van der Waals surface area (Å²) in [6.45, 7) is 7.82. The first-order valence-electron chi connectivity index (χ1n) is 7.10. The minimum Gasteiger partial charge on any atom is -0.483 e. The van der Waals surface area contributed by atoms with Crippen molar-refractivity contribution in [3.63, 3.8) is 0 Å². The molecule has 1 atom stereocenters. The lowest BCUT2D eigenvalue weighted by atomic mass is 10.0. The van der Waals surface area contributed by atoms with Gasteiger partial charge in [-0.2, -0.15) is 0 Å². The molecule has 0 unspecified atom stereocenters. The summed E-state index contributed by atoms with van der Waals surface area (Å²) in [4.78, 5) is 11.8. The molecule has 0 spiro atoms. The van der Waals surface area contributed by atoms with Gasteiger partial charge < -0.3 is 15.2 Å². The average Bonchev–Trinajstić information content (AvgIpc) is 2.44. The van der Waals surface area contributed by atoms with Crippen LogP contribution in [0.1, 0.15) is 52.2 Å². The number of aliphatic hydroxyl groups excluding tert-OH is 1. The minimum absolute atomic E-state index is 0.0448. The van der Waals surface area contributed by atoms with Crippen LogP contribution in [-0.4, -0.2) is 23.2 Å². The van der Waals surface area contributed by atoms with Crippen molar-refractivity contribution in [3.8, 4) is 5.75 Å². The molecule has 4 heteroatoms. The molecule has 1 aromatic rings. The van der Waals surface area contributed by atoms with Crippen LogP contribution >= 0.6 is 0 Å². The Morgan fingerprint density at radius 3 is 2.60 bits per heavy atom. The second kappa shape index (κ2) is 7.29. The van der Waals surface area contributed by atoms with Crippen molar-refractivity contribution in [1.82, 2.24) is 5.32 Å². The molecule has 0 aliphatic heterocycles. The first kappa shape index (κ1) is 16.5. The fourth-order valence-electron chi connectivity index (χ4n) is 1.75. The molecule has 0 aliphatic carbocycles. The molecule has 4 nitrogen and oxygen atoms in total. The molecule has 1 amide bonds.